The van der Waals surface area contributed by atoms with Crippen molar-refractivity contribution >= 4 is 21.8 Å². The van der Waals surface area contributed by atoms with Gasteiger partial charge in [0.05, 0.1) is 18.6 Å². The smallest absolute Gasteiger partial charge is 0.262 e. The first-order chi connectivity index (χ1) is 10.4. The lowest BCUT2D eigenvalue weighted by Crippen LogP contribution is -2.36. The monoisotopic (exact) mass is 320 g/mol. The summed E-state index contributed by atoms with van der Waals surface area (Å²) in [7, 11) is -1.52. The summed E-state index contributed by atoms with van der Waals surface area (Å²) in [5.41, 5.74) is 0.626. The minimum absolute atomic E-state index is 0.0607. The van der Waals surface area contributed by atoms with Crippen molar-refractivity contribution in [3.8, 4) is 11.8 Å². The van der Waals surface area contributed by atoms with Gasteiger partial charge in [-0.05, 0) is 30.2 Å². The Hall–Kier alpha value is -2.33. The Kier molecular flexibility index (Phi) is 4.83. The average Bonchev–Trinajstić information content (AvgIpc) is 2.84. The third-order valence-electron chi connectivity index (χ3n) is 3.36. The number of carbonyl (C=O) groups is 1. The molecule has 0 spiro atoms. The standard InChI is InChI=1S/C15H16N2O4S/c1-21-14-4-2-11(3-5-14)8-12(9-16)15(18)17-13-6-7-22(19,20)10-13/h2-5,8,13H,6-7,10H2,1H3,(H,17,18)/b12-8+. The van der Waals surface area contributed by atoms with E-state index in [1.54, 1.807) is 31.4 Å². The Labute approximate surface area is 129 Å². The number of methoxy groups -OCH3 is 1. The molecule has 0 aromatic heterocycles. The van der Waals surface area contributed by atoms with Crippen LogP contribution in [0, 0.1) is 11.3 Å². The Morgan fingerprint density at radius 3 is 2.59 bits per heavy atom. The molecule has 1 N–H and O–H groups in total. The summed E-state index contributed by atoms with van der Waals surface area (Å²) in [4.78, 5) is 12.0. The highest BCUT2D eigenvalue weighted by atomic mass is 32.2. The SMILES string of the molecule is COc1ccc(/C=C(\C#N)C(=O)NC2CCS(=O)(=O)C2)cc1. The molecule has 1 fully saturated rings. The minimum atomic E-state index is -3.07. The molecule has 1 aromatic carbocycles. The summed E-state index contributed by atoms with van der Waals surface area (Å²) in [6, 6.07) is 8.32. The predicted molar refractivity (Wildman–Crippen MR) is 81.8 cm³/mol. The van der Waals surface area contributed by atoms with Gasteiger partial charge in [0.2, 0.25) is 0 Å². The lowest BCUT2D eigenvalue weighted by Gasteiger charge is -2.09. The fourth-order valence-electron chi connectivity index (χ4n) is 2.19. The number of rotatable bonds is 4. The highest BCUT2D eigenvalue weighted by Gasteiger charge is 2.29. The van der Waals surface area contributed by atoms with E-state index in [2.05, 4.69) is 5.32 Å². The van der Waals surface area contributed by atoms with E-state index >= 15 is 0 Å². The van der Waals surface area contributed by atoms with Crippen molar-refractivity contribution in [3.05, 3.63) is 35.4 Å². The van der Waals surface area contributed by atoms with Gasteiger partial charge in [-0.1, -0.05) is 12.1 Å². The van der Waals surface area contributed by atoms with Crippen molar-refractivity contribution in [2.45, 2.75) is 12.5 Å². The van der Waals surface area contributed by atoms with E-state index in [1.807, 2.05) is 6.07 Å². The molecule has 1 aromatic rings. The number of nitrogens with one attached hydrogen (secondary N) is 1. The number of benzene rings is 1. The van der Waals surface area contributed by atoms with Crippen LogP contribution in [0.4, 0.5) is 0 Å². The van der Waals surface area contributed by atoms with Gasteiger partial charge in [0.1, 0.15) is 17.4 Å². The van der Waals surface area contributed by atoms with Crippen LogP contribution >= 0.6 is 0 Å². The number of nitriles is 1. The molecule has 1 amide bonds. The largest absolute Gasteiger partial charge is 0.497 e. The number of nitrogens with zero attached hydrogens (tertiary/aromatic N) is 1. The van der Waals surface area contributed by atoms with E-state index < -0.39 is 21.8 Å². The molecular formula is C15H16N2O4S. The highest BCUT2D eigenvalue weighted by molar-refractivity contribution is 7.91. The molecule has 2 rings (SSSR count). The maximum Gasteiger partial charge on any atom is 0.262 e. The third kappa shape index (κ3) is 4.09. The maximum atomic E-state index is 12.0. The molecule has 0 aliphatic carbocycles. The third-order valence-corrected chi connectivity index (χ3v) is 5.13. The number of sulfone groups is 1. The van der Waals surface area contributed by atoms with Crippen LogP contribution in [0.25, 0.3) is 6.08 Å². The fraction of sp³-hybridized carbons (Fsp3) is 0.333. The normalized spacial score (nSPS) is 20.2. The summed E-state index contributed by atoms with van der Waals surface area (Å²) in [5.74, 6) is 0.124. The van der Waals surface area contributed by atoms with Crippen LogP contribution in [-0.2, 0) is 14.6 Å². The van der Waals surface area contributed by atoms with Gasteiger partial charge >= 0.3 is 0 Å². The van der Waals surface area contributed by atoms with Crippen LogP contribution in [-0.4, -0.2) is 39.0 Å². The van der Waals surface area contributed by atoms with Gasteiger partial charge in [-0.2, -0.15) is 5.26 Å². The van der Waals surface area contributed by atoms with E-state index in [4.69, 9.17) is 10.00 Å². The zero-order valence-corrected chi connectivity index (χ0v) is 12.9. The van der Waals surface area contributed by atoms with Crippen molar-refractivity contribution in [1.29, 1.82) is 5.26 Å². The molecule has 0 saturated carbocycles. The second kappa shape index (κ2) is 6.62. The number of ether oxygens (including phenoxy) is 1. The van der Waals surface area contributed by atoms with Crippen LogP contribution in [0.1, 0.15) is 12.0 Å². The number of hydrogen-bond donors (Lipinski definition) is 1. The molecule has 7 heteroatoms. The molecular weight excluding hydrogens is 304 g/mol. The zero-order chi connectivity index (χ0) is 16.2. The van der Waals surface area contributed by atoms with E-state index in [0.29, 0.717) is 17.7 Å². The van der Waals surface area contributed by atoms with Gasteiger partial charge < -0.3 is 10.1 Å². The molecule has 6 nitrogen and oxygen atoms in total. The molecule has 1 heterocycles. The molecule has 0 radical (unpaired) electrons. The molecule has 0 bridgehead atoms. The second-order valence-corrected chi connectivity index (χ2v) is 7.25. The summed E-state index contributed by atoms with van der Waals surface area (Å²) >= 11 is 0. The van der Waals surface area contributed by atoms with Crippen molar-refractivity contribution < 1.29 is 17.9 Å². The lowest BCUT2D eigenvalue weighted by atomic mass is 10.1. The summed E-state index contributed by atoms with van der Waals surface area (Å²) < 4.78 is 27.8. The first-order valence-electron chi connectivity index (χ1n) is 6.70. The molecule has 116 valence electrons. The van der Waals surface area contributed by atoms with Crippen LogP contribution in [0.15, 0.2) is 29.8 Å². The molecule has 1 aliphatic heterocycles. The van der Waals surface area contributed by atoms with Crippen molar-refractivity contribution in [3.63, 3.8) is 0 Å². The Morgan fingerprint density at radius 1 is 1.41 bits per heavy atom. The summed E-state index contributed by atoms with van der Waals surface area (Å²) in [6.07, 6.45) is 1.84. The minimum Gasteiger partial charge on any atom is -0.497 e. The van der Waals surface area contributed by atoms with E-state index in [0.717, 1.165) is 0 Å². The Balaban J connectivity index is 2.08. The molecule has 1 unspecified atom stereocenters. The number of amides is 1. The van der Waals surface area contributed by atoms with Gasteiger partial charge in [0.25, 0.3) is 5.91 Å². The maximum absolute atomic E-state index is 12.0. The summed E-state index contributed by atoms with van der Waals surface area (Å²) in [5, 5.41) is 11.7. The van der Waals surface area contributed by atoms with Crippen LogP contribution in [0.3, 0.4) is 0 Å². The number of hydrogen-bond acceptors (Lipinski definition) is 5. The summed E-state index contributed by atoms with van der Waals surface area (Å²) in [6.45, 7) is 0. The van der Waals surface area contributed by atoms with Crippen molar-refractivity contribution in [2.24, 2.45) is 0 Å². The van der Waals surface area contributed by atoms with Crippen LogP contribution in [0.5, 0.6) is 5.75 Å². The topological polar surface area (TPSA) is 96.3 Å². The molecule has 1 saturated heterocycles. The van der Waals surface area contributed by atoms with Gasteiger partial charge in [0.15, 0.2) is 9.84 Å². The van der Waals surface area contributed by atoms with E-state index in [9.17, 15) is 13.2 Å². The van der Waals surface area contributed by atoms with Gasteiger partial charge in [0, 0.05) is 6.04 Å². The van der Waals surface area contributed by atoms with Gasteiger partial charge in [-0.15, -0.1) is 0 Å². The van der Waals surface area contributed by atoms with Crippen LogP contribution in [0.2, 0.25) is 0 Å². The predicted octanol–water partition coefficient (Wildman–Crippen LogP) is 0.905. The zero-order valence-electron chi connectivity index (χ0n) is 12.1. The first-order valence-corrected chi connectivity index (χ1v) is 8.53. The molecule has 22 heavy (non-hydrogen) atoms. The Bertz CT molecular complexity index is 730. The van der Waals surface area contributed by atoms with E-state index in [-0.39, 0.29) is 17.1 Å². The van der Waals surface area contributed by atoms with Crippen molar-refractivity contribution in [2.75, 3.05) is 18.6 Å². The Morgan fingerprint density at radius 2 is 2.09 bits per heavy atom. The van der Waals surface area contributed by atoms with Gasteiger partial charge in [-0.25, -0.2) is 8.42 Å². The lowest BCUT2D eigenvalue weighted by molar-refractivity contribution is -0.117. The quantitative estimate of drug-likeness (QED) is 0.657. The molecule has 1 atom stereocenters. The van der Waals surface area contributed by atoms with Crippen LogP contribution < -0.4 is 10.1 Å². The molecule has 1 aliphatic rings. The average molecular weight is 320 g/mol. The second-order valence-electron chi connectivity index (χ2n) is 5.02. The number of carbonyl (C=O) groups excluding carboxylic acids is 1. The fourth-order valence-corrected chi connectivity index (χ4v) is 3.86. The first kappa shape index (κ1) is 16.0. The van der Waals surface area contributed by atoms with Gasteiger partial charge in [-0.3, -0.25) is 4.79 Å². The van der Waals surface area contributed by atoms with E-state index in [1.165, 1.54) is 6.08 Å². The van der Waals surface area contributed by atoms with Crippen molar-refractivity contribution in [1.82, 2.24) is 5.32 Å². The highest BCUT2D eigenvalue weighted by Crippen LogP contribution is 2.15.